The minimum atomic E-state index is -0.148. The van der Waals surface area contributed by atoms with Gasteiger partial charge in [-0.25, -0.2) is 0 Å². The van der Waals surface area contributed by atoms with Crippen LogP contribution < -0.4 is 10.6 Å². The van der Waals surface area contributed by atoms with Crippen molar-refractivity contribution >= 4 is 5.91 Å². The minimum absolute atomic E-state index is 0.00650. The van der Waals surface area contributed by atoms with Gasteiger partial charge in [0, 0.05) is 6.54 Å². The highest BCUT2D eigenvalue weighted by atomic mass is 16.5. The first-order valence-electron chi connectivity index (χ1n) is 5.29. The molecule has 4 nitrogen and oxygen atoms in total. The van der Waals surface area contributed by atoms with Gasteiger partial charge in [-0.15, -0.1) is 0 Å². The van der Waals surface area contributed by atoms with E-state index in [1.165, 1.54) is 6.42 Å². The summed E-state index contributed by atoms with van der Waals surface area (Å²) in [6, 6.07) is 0. The van der Waals surface area contributed by atoms with Gasteiger partial charge in [-0.05, 0) is 38.8 Å². The molecule has 2 saturated heterocycles. The Hall–Kier alpha value is -0.610. The van der Waals surface area contributed by atoms with Gasteiger partial charge in [-0.3, -0.25) is 4.79 Å². The van der Waals surface area contributed by atoms with E-state index in [4.69, 9.17) is 4.74 Å². The van der Waals surface area contributed by atoms with Gasteiger partial charge in [0.2, 0.25) is 5.91 Å². The number of rotatable bonds is 2. The molecule has 2 fully saturated rings. The van der Waals surface area contributed by atoms with Crippen LogP contribution in [0.5, 0.6) is 0 Å². The monoisotopic (exact) mass is 198 g/mol. The van der Waals surface area contributed by atoms with E-state index in [0.717, 1.165) is 19.5 Å². The molecule has 4 heteroatoms. The molecular weight excluding hydrogens is 180 g/mol. The first kappa shape index (κ1) is 9.93. The molecule has 0 aliphatic carbocycles. The molecule has 0 bridgehead atoms. The summed E-state index contributed by atoms with van der Waals surface area (Å²) in [6.07, 6.45) is 2.27. The van der Waals surface area contributed by atoms with Crippen molar-refractivity contribution in [3.8, 4) is 0 Å². The number of hydrogen-bond acceptors (Lipinski definition) is 3. The minimum Gasteiger partial charge on any atom is -0.364 e. The average molecular weight is 198 g/mol. The first-order chi connectivity index (χ1) is 6.68. The van der Waals surface area contributed by atoms with Crippen LogP contribution >= 0.6 is 0 Å². The zero-order chi connectivity index (χ0) is 10.0. The number of ether oxygens (including phenoxy) is 1. The zero-order valence-corrected chi connectivity index (χ0v) is 8.64. The second-order valence-electron chi connectivity index (χ2n) is 4.58. The smallest absolute Gasteiger partial charge is 0.246 e. The molecule has 2 N–H and O–H groups in total. The lowest BCUT2D eigenvalue weighted by atomic mass is 9.90. The zero-order valence-electron chi connectivity index (χ0n) is 8.64. The van der Waals surface area contributed by atoms with Crippen molar-refractivity contribution in [3.05, 3.63) is 0 Å². The fraction of sp³-hybridized carbons (Fsp3) is 0.900. The summed E-state index contributed by atoms with van der Waals surface area (Å²) in [6.45, 7) is 5.17. The molecule has 2 unspecified atom stereocenters. The highest BCUT2D eigenvalue weighted by molar-refractivity contribution is 5.77. The molecular formula is C10H18N2O2. The Balaban J connectivity index is 1.85. The van der Waals surface area contributed by atoms with E-state index < -0.39 is 0 Å². The molecule has 2 aliphatic rings. The van der Waals surface area contributed by atoms with E-state index in [2.05, 4.69) is 17.6 Å². The molecule has 80 valence electrons. The Labute approximate surface area is 84.4 Å². The lowest BCUT2D eigenvalue weighted by molar-refractivity contribution is -0.143. The number of nitrogens with one attached hydrogen (secondary N) is 2. The molecule has 0 aromatic rings. The molecule has 1 amide bonds. The molecule has 0 saturated carbocycles. The molecule has 14 heavy (non-hydrogen) atoms. The Morgan fingerprint density at radius 1 is 1.64 bits per heavy atom. The van der Waals surface area contributed by atoms with Gasteiger partial charge in [0.1, 0.15) is 6.61 Å². The molecule has 0 radical (unpaired) electrons. The van der Waals surface area contributed by atoms with Crippen LogP contribution in [0.15, 0.2) is 0 Å². The third-order valence-corrected chi connectivity index (χ3v) is 3.09. The van der Waals surface area contributed by atoms with E-state index in [9.17, 15) is 4.79 Å². The van der Waals surface area contributed by atoms with Crippen LogP contribution in [0.1, 0.15) is 19.8 Å². The summed E-state index contributed by atoms with van der Waals surface area (Å²) in [5, 5.41) is 6.21. The fourth-order valence-corrected chi connectivity index (χ4v) is 2.26. The largest absolute Gasteiger partial charge is 0.364 e. The summed E-state index contributed by atoms with van der Waals surface area (Å²) >= 11 is 0. The SMILES string of the molecule is CC1(CC2CCNC2)CNC(=O)CO1. The second kappa shape index (κ2) is 3.87. The van der Waals surface area contributed by atoms with Gasteiger partial charge >= 0.3 is 0 Å². The maximum absolute atomic E-state index is 10.9. The standard InChI is InChI=1S/C10H18N2O2/c1-10(4-8-2-3-11-5-8)7-12-9(13)6-14-10/h8,11H,2-7H2,1H3,(H,12,13). The predicted octanol–water partition coefficient (Wildman–Crippen LogP) is -0.109. The predicted molar refractivity (Wildman–Crippen MR) is 53.0 cm³/mol. The molecule has 0 aromatic heterocycles. The van der Waals surface area contributed by atoms with Gasteiger partial charge in [0.05, 0.1) is 5.60 Å². The summed E-state index contributed by atoms with van der Waals surface area (Å²) in [4.78, 5) is 10.9. The number of carbonyl (C=O) groups is 1. The third-order valence-electron chi connectivity index (χ3n) is 3.09. The van der Waals surface area contributed by atoms with Gasteiger partial charge in [0.25, 0.3) is 0 Å². The normalized spacial score (nSPS) is 38.4. The van der Waals surface area contributed by atoms with Gasteiger partial charge in [-0.2, -0.15) is 0 Å². The second-order valence-corrected chi connectivity index (χ2v) is 4.58. The quantitative estimate of drug-likeness (QED) is 0.651. The van der Waals surface area contributed by atoms with E-state index >= 15 is 0 Å². The van der Waals surface area contributed by atoms with E-state index in [-0.39, 0.29) is 18.1 Å². The van der Waals surface area contributed by atoms with Crippen LogP contribution in [0.25, 0.3) is 0 Å². The van der Waals surface area contributed by atoms with Crippen molar-refractivity contribution in [2.75, 3.05) is 26.2 Å². The highest BCUT2D eigenvalue weighted by Crippen LogP contribution is 2.25. The Bertz CT molecular complexity index is 214. The van der Waals surface area contributed by atoms with Crippen LogP contribution in [-0.2, 0) is 9.53 Å². The number of carbonyl (C=O) groups excluding carboxylic acids is 1. The molecule has 2 aliphatic heterocycles. The summed E-state index contributed by atoms with van der Waals surface area (Å²) in [7, 11) is 0. The summed E-state index contributed by atoms with van der Waals surface area (Å²) in [5.74, 6) is 0.710. The Kier molecular flexibility index (Phi) is 2.74. The first-order valence-corrected chi connectivity index (χ1v) is 5.29. The molecule has 2 heterocycles. The van der Waals surface area contributed by atoms with Crippen LogP contribution in [0.3, 0.4) is 0 Å². The van der Waals surface area contributed by atoms with Crippen LogP contribution in [0, 0.1) is 5.92 Å². The number of amides is 1. The maximum atomic E-state index is 10.9. The topological polar surface area (TPSA) is 50.4 Å². The Morgan fingerprint density at radius 3 is 3.07 bits per heavy atom. The lowest BCUT2D eigenvalue weighted by Gasteiger charge is -2.35. The van der Waals surface area contributed by atoms with Crippen molar-refractivity contribution < 1.29 is 9.53 Å². The number of hydrogen-bond donors (Lipinski definition) is 2. The van der Waals surface area contributed by atoms with E-state index in [1.807, 2.05) is 0 Å². The van der Waals surface area contributed by atoms with Crippen molar-refractivity contribution in [3.63, 3.8) is 0 Å². The Morgan fingerprint density at radius 2 is 2.50 bits per heavy atom. The highest BCUT2D eigenvalue weighted by Gasteiger charge is 2.34. The van der Waals surface area contributed by atoms with E-state index in [1.54, 1.807) is 0 Å². The third kappa shape index (κ3) is 2.25. The van der Waals surface area contributed by atoms with Crippen molar-refractivity contribution in [1.82, 2.24) is 10.6 Å². The molecule has 2 atom stereocenters. The lowest BCUT2D eigenvalue weighted by Crippen LogP contribution is -2.51. The molecule has 2 rings (SSSR count). The van der Waals surface area contributed by atoms with Gasteiger partial charge < -0.3 is 15.4 Å². The van der Waals surface area contributed by atoms with Crippen LogP contribution in [-0.4, -0.2) is 37.7 Å². The summed E-state index contributed by atoms with van der Waals surface area (Å²) < 4.78 is 5.60. The van der Waals surface area contributed by atoms with Gasteiger partial charge in [-0.1, -0.05) is 0 Å². The van der Waals surface area contributed by atoms with Crippen LogP contribution in [0.2, 0.25) is 0 Å². The number of morpholine rings is 1. The summed E-state index contributed by atoms with van der Waals surface area (Å²) in [5.41, 5.74) is -0.148. The van der Waals surface area contributed by atoms with Crippen LogP contribution in [0.4, 0.5) is 0 Å². The van der Waals surface area contributed by atoms with Gasteiger partial charge in [0.15, 0.2) is 0 Å². The average Bonchev–Trinajstić information content (AvgIpc) is 2.63. The molecule has 0 spiro atoms. The van der Waals surface area contributed by atoms with Crippen molar-refractivity contribution in [1.29, 1.82) is 0 Å². The van der Waals surface area contributed by atoms with Crippen molar-refractivity contribution in [2.45, 2.75) is 25.4 Å². The van der Waals surface area contributed by atoms with Crippen molar-refractivity contribution in [2.24, 2.45) is 5.92 Å². The maximum Gasteiger partial charge on any atom is 0.246 e. The van der Waals surface area contributed by atoms with E-state index in [0.29, 0.717) is 12.5 Å². The molecule has 0 aromatic carbocycles. The fourth-order valence-electron chi connectivity index (χ4n) is 2.26.